The number of hydrogen-bond donors (Lipinski definition) is 1. The van der Waals surface area contributed by atoms with Crippen LogP contribution in [0.25, 0.3) is 5.69 Å². The first-order valence-electron chi connectivity index (χ1n) is 8.97. The van der Waals surface area contributed by atoms with E-state index >= 15 is 0 Å². The molecule has 0 fully saturated rings. The summed E-state index contributed by atoms with van der Waals surface area (Å²) in [6.45, 7) is 0. The number of anilines is 1. The first-order valence-corrected chi connectivity index (χ1v) is 9.78. The number of nitrogens with one attached hydrogen (secondary N) is 1. The van der Waals surface area contributed by atoms with Gasteiger partial charge in [0, 0.05) is 30.0 Å². The van der Waals surface area contributed by atoms with Gasteiger partial charge in [0.25, 0.3) is 5.91 Å². The van der Waals surface area contributed by atoms with E-state index in [9.17, 15) is 18.0 Å². The Hall–Kier alpha value is -3.60. The van der Waals surface area contributed by atoms with Gasteiger partial charge in [-0.15, -0.1) is 5.10 Å². The minimum absolute atomic E-state index is 0.108. The van der Waals surface area contributed by atoms with Crippen molar-refractivity contribution in [2.45, 2.75) is 16.2 Å². The molecule has 0 aliphatic rings. The Labute approximate surface area is 178 Å². The zero-order chi connectivity index (χ0) is 22.0. The van der Waals surface area contributed by atoms with Crippen LogP contribution in [0.3, 0.4) is 0 Å². The van der Waals surface area contributed by atoms with Crippen molar-refractivity contribution in [2.24, 2.45) is 7.05 Å². The zero-order valence-corrected chi connectivity index (χ0v) is 16.9. The number of carbonyl (C=O) groups is 1. The molecule has 7 nitrogen and oxygen atoms in total. The molecule has 0 aliphatic carbocycles. The highest BCUT2D eigenvalue weighted by molar-refractivity contribution is 7.99. The van der Waals surface area contributed by atoms with Crippen LogP contribution >= 0.6 is 11.8 Å². The third kappa shape index (κ3) is 4.61. The van der Waals surface area contributed by atoms with Crippen LogP contribution in [-0.4, -0.2) is 30.5 Å². The summed E-state index contributed by atoms with van der Waals surface area (Å²) in [4.78, 5) is 17.6. The number of alkyl halides is 3. The highest BCUT2D eigenvalue weighted by Crippen LogP contribution is 2.33. The lowest BCUT2D eigenvalue weighted by Crippen LogP contribution is -2.12. The molecule has 0 spiro atoms. The first kappa shape index (κ1) is 20.7. The Bertz CT molecular complexity index is 1220. The van der Waals surface area contributed by atoms with Gasteiger partial charge in [-0.3, -0.25) is 4.79 Å². The van der Waals surface area contributed by atoms with E-state index in [2.05, 4.69) is 20.6 Å². The summed E-state index contributed by atoms with van der Waals surface area (Å²) in [6.07, 6.45) is 0.152. The fourth-order valence-corrected chi connectivity index (χ4v) is 3.56. The molecule has 11 heteroatoms. The minimum Gasteiger partial charge on any atom is -0.329 e. The average molecular weight is 444 g/mol. The first-order chi connectivity index (χ1) is 14.8. The third-order valence-corrected chi connectivity index (χ3v) is 5.36. The normalized spacial score (nSPS) is 11.5. The number of benzene rings is 2. The molecular weight excluding hydrogens is 429 g/mol. The number of halogens is 3. The van der Waals surface area contributed by atoms with Crippen molar-refractivity contribution in [1.82, 2.24) is 24.5 Å². The van der Waals surface area contributed by atoms with E-state index in [1.807, 2.05) is 29.9 Å². The molecule has 0 atom stereocenters. The smallest absolute Gasteiger partial charge is 0.329 e. The second-order valence-electron chi connectivity index (χ2n) is 6.46. The topological polar surface area (TPSA) is 77.6 Å². The van der Waals surface area contributed by atoms with Crippen LogP contribution in [0, 0.1) is 0 Å². The van der Waals surface area contributed by atoms with Gasteiger partial charge in [0.15, 0.2) is 10.9 Å². The molecule has 0 saturated heterocycles. The Kier molecular flexibility index (Phi) is 5.51. The number of nitrogens with zero attached hydrogens (tertiary/aromatic N) is 5. The van der Waals surface area contributed by atoms with Crippen LogP contribution in [-0.2, 0) is 13.2 Å². The zero-order valence-electron chi connectivity index (χ0n) is 16.0. The van der Waals surface area contributed by atoms with E-state index in [-0.39, 0.29) is 11.4 Å². The largest absolute Gasteiger partial charge is 0.418 e. The summed E-state index contributed by atoms with van der Waals surface area (Å²) in [6, 6.07) is 12.0. The van der Waals surface area contributed by atoms with E-state index in [1.165, 1.54) is 30.0 Å². The monoisotopic (exact) mass is 444 g/mol. The van der Waals surface area contributed by atoms with Gasteiger partial charge in [-0.2, -0.15) is 13.2 Å². The SMILES string of the molecule is Cn1ccnc1Sc1ccc(NC(=O)c2cn(-c3ccccc3C(F)(F)F)nn2)cc1. The number of hydrogen-bond acceptors (Lipinski definition) is 5. The number of rotatable bonds is 5. The van der Waals surface area contributed by atoms with E-state index in [1.54, 1.807) is 18.3 Å². The van der Waals surface area contributed by atoms with Gasteiger partial charge in [0.2, 0.25) is 0 Å². The van der Waals surface area contributed by atoms with E-state index in [0.29, 0.717) is 5.69 Å². The predicted octanol–water partition coefficient (Wildman–Crippen LogP) is 4.42. The van der Waals surface area contributed by atoms with Gasteiger partial charge in [-0.05, 0) is 36.4 Å². The van der Waals surface area contributed by atoms with Gasteiger partial charge in [0.1, 0.15) is 0 Å². The molecule has 31 heavy (non-hydrogen) atoms. The van der Waals surface area contributed by atoms with Crippen LogP contribution < -0.4 is 5.32 Å². The number of aryl methyl sites for hydroxylation is 1. The second-order valence-corrected chi connectivity index (χ2v) is 7.51. The van der Waals surface area contributed by atoms with Crippen LogP contribution in [0.4, 0.5) is 18.9 Å². The number of imidazole rings is 1. The van der Waals surface area contributed by atoms with Crippen LogP contribution in [0.2, 0.25) is 0 Å². The van der Waals surface area contributed by atoms with Crippen LogP contribution in [0.15, 0.2) is 77.2 Å². The van der Waals surface area contributed by atoms with Crippen molar-refractivity contribution in [3.63, 3.8) is 0 Å². The van der Waals surface area contributed by atoms with Crippen molar-refractivity contribution in [1.29, 1.82) is 0 Å². The highest BCUT2D eigenvalue weighted by Gasteiger charge is 2.34. The average Bonchev–Trinajstić information content (AvgIpc) is 3.39. The molecule has 0 radical (unpaired) electrons. The number of para-hydroxylation sites is 1. The van der Waals surface area contributed by atoms with Gasteiger partial charge < -0.3 is 9.88 Å². The highest BCUT2D eigenvalue weighted by atomic mass is 32.2. The molecule has 2 aromatic heterocycles. The summed E-state index contributed by atoms with van der Waals surface area (Å²) in [5.41, 5.74) is -0.673. The lowest BCUT2D eigenvalue weighted by molar-refractivity contribution is -0.137. The molecular formula is C20H15F3N6OS. The molecule has 4 aromatic rings. The molecule has 2 heterocycles. The van der Waals surface area contributed by atoms with Gasteiger partial charge in [0.05, 0.1) is 17.4 Å². The Morgan fingerprint density at radius 2 is 1.84 bits per heavy atom. The summed E-state index contributed by atoms with van der Waals surface area (Å²) in [7, 11) is 1.89. The number of aromatic nitrogens is 5. The van der Waals surface area contributed by atoms with Gasteiger partial charge in [-0.1, -0.05) is 29.1 Å². The minimum atomic E-state index is -4.56. The van der Waals surface area contributed by atoms with Crippen molar-refractivity contribution in [2.75, 3.05) is 5.32 Å². The lowest BCUT2D eigenvalue weighted by Gasteiger charge is -2.11. The predicted molar refractivity (Wildman–Crippen MR) is 108 cm³/mol. The van der Waals surface area contributed by atoms with Crippen molar-refractivity contribution < 1.29 is 18.0 Å². The van der Waals surface area contributed by atoms with Gasteiger partial charge >= 0.3 is 6.18 Å². The van der Waals surface area contributed by atoms with E-state index < -0.39 is 17.6 Å². The number of amides is 1. The summed E-state index contributed by atoms with van der Waals surface area (Å²) < 4.78 is 42.5. The van der Waals surface area contributed by atoms with E-state index in [4.69, 9.17) is 0 Å². The van der Waals surface area contributed by atoms with Crippen molar-refractivity contribution in [3.8, 4) is 5.69 Å². The maximum Gasteiger partial charge on any atom is 0.418 e. The summed E-state index contributed by atoms with van der Waals surface area (Å²) in [5.74, 6) is -0.583. The quantitative estimate of drug-likeness (QED) is 0.493. The molecule has 1 amide bonds. The summed E-state index contributed by atoms with van der Waals surface area (Å²) in [5, 5.41) is 10.9. The molecule has 0 aliphatic heterocycles. The molecule has 0 unspecified atom stereocenters. The van der Waals surface area contributed by atoms with Crippen LogP contribution in [0.1, 0.15) is 16.1 Å². The fourth-order valence-electron chi connectivity index (χ4n) is 2.76. The third-order valence-electron chi connectivity index (χ3n) is 4.28. The van der Waals surface area contributed by atoms with Crippen LogP contribution in [0.5, 0.6) is 0 Å². The molecule has 0 bridgehead atoms. The summed E-state index contributed by atoms with van der Waals surface area (Å²) >= 11 is 1.47. The van der Waals surface area contributed by atoms with Gasteiger partial charge in [-0.25, -0.2) is 9.67 Å². The molecule has 158 valence electrons. The standard InChI is InChI=1S/C20H15F3N6OS/c1-28-11-10-24-19(28)31-14-8-6-13(7-9-14)25-18(30)16-12-29(27-26-16)17-5-3-2-4-15(17)20(21,22)23/h2-12H,1H3,(H,25,30). The second kappa shape index (κ2) is 8.26. The maximum absolute atomic E-state index is 13.2. The Balaban J connectivity index is 1.47. The Morgan fingerprint density at radius 1 is 1.10 bits per heavy atom. The van der Waals surface area contributed by atoms with Crippen molar-refractivity contribution in [3.05, 3.63) is 78.4 Å². The molecule has 1 N–H and O–H groups in total. The number of carbonyl (C=O) groups excluding carboxylic acids is 1. The maximum atomic E-state index is 13.2. The molecule has 2 aromatic carbocycles. The lowest BCUT2D eigenvalue weighted by atomic mass is 10.1. The molecule has 4 rings (SSSR count). The molecule has 0 saturated carbocycles. The fraction of sp³-hybridized carbons (Fsp3) is 0.100. The van der Waals surface area contributed by atoms with E-state index in [0.717, 1.165) is 27.0 Å². The Morgan fingerprint density at radius 3 is 2.52 bits per heavy atom. The van der Waals surface area contributed by atoms with Crippen molar-refractivity contribution >= 4 is 23.4 Å².